The first kappa shape index (κ1) is 11.5. The molecule has 1 aromatic carbocycles. The summed E-state index contributed by atoms with van der Waals surface area (Å²) in [6, 6.07) is 8.12. The zero-order chi connectivity index (χ0) is 12.5. The Labute approximate surface area is 96.7 Å². The van der Waals surface area contributed by atoms with Crippen LogP contribution < -0.4 is 0 Å². The van der Waals surface area contributed by atoms with Crippen molar-refractivity contribution in [1.29, 1.82) is 0 Å². The average Bonchev–Trinajstić information content (AvgIpc) is 2.78. The molecule has 0 radical (unpaired) electrons. The quantitative estimate of drug-likeness (QED) is 0.651. The van der Waals surface area contributed by atoms with Crippen molar-refractivity contribution in [2.75, 3.05) is 0 Å². The largest absolute Gasteiger partial charge is 0.419 e. The van der Waals surface area contributed by atoms with Gasteiger partial charge in [-0.1, -0.05) is 30.3 Å². The van der Waals surface area contributed by atoms with Crippen LogP contribution in [0.1, 0.15) is 16.2 Å². The van der Waals surface area contributed by atoms with Crippen LogP contribution in [0.4, 0.5) is 0 Å². The van der Waals surface area contributed by atoms with Crippen LogP contribution in [-0.2, 0) is 10.1 Å². The van der Waals surface area contributed by atoms with Gasteiger partial charge in [-0.3, -0.25) is 9.35 Å². The standard InChI is InChI=1S/C10H7NO5S/c12-9(7-4-2-1-3-5-7)10-11-6-8(16-10)17(13,14)15/h1-6H,(H,13,14,15). The lowest BCUT2D eigenvalue weighted by atomic mass is 10.1. The van der Waals surface area contributed by atoms with Gasteiger partial charge in [-0.2, -0.15) is 8.42 Å². The summed E-state index contributed by atoms with van der Waals surface area (Å²) in [6.45, 7) is 0. The molecule has 7 heteroatoms. The molecular weight excluding hydrogens is 246 g/mol. The van der Waals surface area contributed by atoms with E-state index in [1.54, 1.807) is 30.3 Å². The summed E-state index contributed by atoms with van der Waals surface area (Å²) in [6.07, 6.45) is 0.783. The Hall–Kier alpha value is -1.99. The molecule has 88 valence electrons. The first-order valence-corrected chi connectivity index (χ1v) is 5.95. The summed E-state index contributed by atoms with van der Waals surface area (Å²) in [5, 5.41) is -0.753. The van der Waals surface area contributed by atoms with E-state index in [2.05, 4.69) is 9.40 Å². The monoisotopic (exact) mass is 253 g/mol. The number of carbonyl (C=O) groups excluding carboxylic acids is 1. The van der Waals surface area contributed by atoms with Crippen LogP contribution in [0.15, 0.2) is 46.0 Å². The molecule has 0 atom stereocenters. The van der Waals surface area contributed by atoms with Crippen LogP contribution in [-0.4, -0.2) is 23.7 Å². The van der Waals surface area contributed by atoms with Crippen molar-refractivity contribution >= 4 is 15.9 Å². The Kier molecular flexibility index (Phi) is 2.78. The minimum Gasteiger partial charge on any atom is -0.419 e. The van der Waals surface area contributed by atoms with E-state index in [-0.39, 0.29) is 5.89 Å². The maximum atomic E-state index is 11.8. The molecule has 0 amide bonds. The van der Waals surface area contributed by atoms with E-state index in [1.807, 2.05) is 0 Å². The van der Waals surface area contributed by atoms with E-state index >= 15 is 0 Å². The third-order valence-electron chi connectivity index (χ3n) is 1.97. The zero-order valence-corrected chi connectivity index (χ0v) is 9.22. The zero-order valence-electron chi connectivity index (χ0n) is 8.40. The van der Waals surface area contributed by atoms with Crippen LogP contribution in [0.5, 0.6) is 0 Å². The van der Waals surface area contributed by atoms with Crippen molar-refractivity contribution in [3.63, 3.8) is 0 Å². The highest BCUT2D eigenvalue weighted by Crippen LogP contribution is 2.13. The lowest BCUT2D eigenvalue weighted by molar-refractivity contribution is 0.0997. The van der Waals surface area contributed by atoms with Gasteiger partial charge in [0.2, 0.25) is 5.78 Å². The van der Waals surface area contributed by atoms with Gasteiger partial charge in [0.15, 0.2) is 0 Å². The maximum absolute atomic E-state index is 11.8. The van der Waals surface area contributed by atoms with E-state index < -0.39 is 21.0 Å². The molecule has 0 aliphatic rings. The Morgan fingerprint density at radius 1 is 1.24 bits per heavy atom. The number of hydrogen-bond acceptors (Lipinski definition) is 5. The second-order valence-electron chi connectivity index (χ2n) is 3.15. The molecule has 2 aromatic rings. The number of rotatable bonds is 3. The SMILES string of the molecule is O=C(c1ccccc1)c1ncc(S(=O)(=O)O)o1. The Morgan fingerprint density at radius 2 is 1.88 bits per heavy atom. The molecule has 1 N–H and O–H groups in total. The van der Waals surface area contributed by atoms with Crippen molar-refractivity contribution in [2.45, 2.75) is 5.09 Å². The second kappa shape index (κ2) is 4.11. The summed E-state index contributed by atoms with van der Waals surface area (Å²) >= 11 is 0. The van der Waals surface area contributed by atoms with Gasteiger partial charge in [0.1, 0.15) is 0 Å². The highest BCUT2D eigenvalue weighted by atomic mass is 32.2. The molecule has 2 rings (SSSR count). The first-order valence-electron chi connectivity index (χ1n) is 4.51. The molecule has 0 bridgehead atoms. The summed E-state index contributed by atoms with van der Waals surface area (Å²) in [5.74, 6) is -0.940. The maximum Gasteiger partial charge on any atom is 0.329 e. The van der Waals surface area contributed by atoms with Crippen molar-refractivity contribution in [2.24, 2.45) is 0 Å². The van der Waals surface area contributed by atoms with E-state index in [1.165, 1.54) is 0 Å². The first-order chi connectivity index (χ1) is 7.98. The Balaban J connectivity index is 2.37. The van der Waals surface area contributed by atoms with Gasteiger partial charge in [-0.15, -0.1) is 0 Å². The van der Waals surface area contributed by atoms with Crippen molar-refractivity contribution in [1.82, 2.24) is 4.98 Å². The number of nitrogens with zero attached hydrogens (tertiary/aromatic N) is 1. The van der Waals surface area contributed by atoms with E-state index in [4.69, 9.17) is 4.55 Å². The Morgan fingerprint density at radius 3 is 2.41 bits per heavy atom. The van der Waals surface area contributed by atoms with Gasteiger partial charge in [-0.25, -0.2) is 4.98 Å². The van der Waals surface area contributed by atoms with Crippen LogP contribution >= 0.6 is 0 Å². The topological polar surface area (TPSA) is 97.5 Å². The number of benzene rings is 1. The van der Waals surface area contributed by atoms with Crippen LogP contribution in [0, 0.1) is 0 Å². The molecule has 1 aromatic heterocycles. The third kappa shape index (κ3) is 2.40. The van der Waals surface area contributed by atoms with Crippen molar-refractivity contribution in [3.05, 3.63) is 48.0 Å². The van der Waals surface area contributed by atoms with Gasteiger partial charge in [-0.05, 0) is 0 Å². The summed E-state index contributed by atoms with van der Waals surface area (Å²) in [5.41, 5.74) is 0.316. The number of oxazole rings is 1. The van der Waals surface area contributed by atoms with Crippen LogP contribution in [0.3, 0.4) is 0 Å². The summed E-state index contributed by atoms with van der Waals surface area (Å²) < 4.78 is 34.8. The second-order valence-corrected chi connectivity index (χ2v) is 4.51. The fraction of sp³-hybridized carbons (Fsp3) is 0. The highest BCUT2D eigenvalue weighted by molar-refractivity contribution is 7.85. The molecule has 0 aliphatic carbocycles. The fourth-order valence-corrected chi connectivity index (χ4v) is 1.57. The average molecular weight is 253 g/mol. The van der Waals surface area contributed by atoms with Gasteiger partial charge in [0.25, 0.3) is 11.0 Å². The molecule has 6 nitrogen and oxygen atoms in total. The van der Waals surface area contributed by atoms with E-state index in [9.17, 15) is 13.2 Å². The highest BCUT2D eigenvalue weighted by Gasteiger charge is 2.20. The van der Waals surface area contributed by atoms with Gasteiger partial charge in [0, 0.05) is 5.56 Å². The molecule has 0 aliphatic heterocycles. The molecule has 0 unspecified atom stereocenters. The summed E-state index contributed by atoms with van der Waals surface area (Å²) in [7, 11) is -4.48. The molecule has 17 heavy (non-hydrogen) atoms. The number of hydrogen-bond donors (Lipinski definition) is 1. The molecule has 0 fully saturated rings. The molecule has 1 heterocycles. The minimum atomic E-state index is -4.48. The molecule has 0 saturated carbocycles. The Bertz CT molecular complexity index is 644. The fourth-order valence-electron chi connectivity index (χ4n) is 1.20. The van der Waals surface area contributed by atoms with Gasteiger partial charge >= 0.3 is 10.1 Å². The molecule has 0 saturated heterocycles. The van der Waals surface area contributed by atoms with Crippen LogP contribution in [0.2, 0.25) is 0 Å². The lowest BCUT2D eigenvalue weighted by Crippen LogP contribution is -2.01. The van der Waals surface area contributed by atoms with E-state index in [0.717, 1.165) is 6.20 Å². The summed E-state index contributed by atoms with van der Waals surface area (Å²) in [4.78, 5) is 15.3. The third-order valence-corrected chi connectivity index (χ3v) is 2.67. The smallest absolute Gasteiger partial charge is 0.329 e. The van der Waals surface area contributed by atoms with E-state index in [0.29, 0.717) is 5.56 Å². The van der Waals surface area contributed by atoms with Gasteiger partial charge < -0.3 is 4.42 Å². The lowest BCUT2D eigenvalue weighted by Gasteiger charge is -1.94. The number of aromatic nitrogens is 1. The number of ketones is 1. The van der Waals surface area contributed by atoms with Gasteiger partial charge in [0.05, 0.1) is 6.20 Å². The minimum absolute atomic E-state index is 0.316. The predicted octanol–water partition coefficient (Wildman–Crippen LogP) is 1.15. The molecular formula is C10H7NO5S. The molecule has 0 spiro atoms. The normalized spacial score (nSPS) is 11.4. The van der Waals surface area contributed by atoms with Crippen LogP contribution in [0.25, 0.3) is 0 Å². The number of carbonyl (C=O) groups is 1. The predicted molar refractivity (Wildman–Crippen MR) is 56.2 cm³/mol. The van der Waals surface area contributed by atoms with Crippen molar-refractivity contribution < 1.29 is 22.2 Å². The van der Waals surface area contributed by atoms with Crippen molar-refractivity contribution in [3.8, 4) is 0 Å².